The minimum absolute atomic E-state index is 0.283. The number of benzene rings is 2. The summed E-state index contributed by atoms with van der Waals surface area (Å²) in [7, 11) is 0. The molecular formula is C21H20N4O3. The minimum atomic E-state index is -0.283. The van der Waals surface area contributed by atoms with Crippen molar-refractivity contribution in [2.24, 2.45) is 0 Å². The van der Waals surface area contributed by atoms with E-state index >= 15 is 0 Å². The second-order valence-electron chi connectivity index (χ2n) is 6.24. The van der Waals surface area contributed by atoms with E-state index in [2.05, 4.69) is 20.2 Å². The SMILES string of the molecule is O=C(Nc1cnc(N2CCOCC2)nc1)c1ccccc1Oc1ccccc1. The Morgan fingerprint density at radius 1 is 0.964 bits per heavy atom. The predicted octanol–water partition coefficient (Wildman–Crippen LogP) is 3.36. The van der Waals surface area contributed by atoms with Crippen LogP contribution < -0.4 is 15.0 Å². The molecule has 1 aliphatic rings. The fourth-order valence-electron chi connectivity index (χ4n) is 2.87. The first-order valence-electron chi connectivity index (χ1n) is 9.07. The average Bonchev–Trinajstić information content (AvgIpc) is 2.76. The molecule has 28 heavy (non-hydrogen) atoms. The fourth-order valence-corrected chi connectivity index (χ4v) is 2.87. The van der Waals surface area contributed by atoms with Gasteiger partial charge in [0.05, 0.1) is 36.9 Å². The predicted molar refractivity (Wildman–Crippen MR) is 106 cm³/mol. The number of morpholine rings is 1. The Bertz CT molecular complexity index is 926. The third-order valence-corrected chi connectivity index (χ3v) is 4.29. The Morgan fingerprint density at radius 3 is 2.39 bits per heavy atom. The molecule has 0 unspecified atom stereocenters. The summed E-state index contributed by atoms with van der Waals surface area (Å²) in [5, 5.41) is 2.83. The highest BCUT2D eigenvalue weighted by Crippen LogP contribution is 2.25. The van der Waals surface area contributed by atoms with Gasteiger partial charge in [0, 0.05) is 13.1 Å². The van der Waals surface area contributed by atoms with Crippen LogP contribution in [0.5, 0.6) is 11.5 Å². The van der Waals surface area contributed by atoms with E-state index in [1.165, 1.54) is 0 Å². The zero-order chi connectivity index (χ0) is 19.2. The van der Waals surface area contributed by atoms with Crippen molar-refractivity contribution in [2.45, 2.75) is 0 Å². The number of amides is 1. The molecule has 0 spiro atoms. The molecule has 0 aliphatic carbocycles. The molecule has 0 saturated carbocycles. The summed E-state index contributed by atoms with van der Waals surface area (Å²) in [5.74, 6) is 1.50. The fraction of sp³-hybridized carbons (Fsp3) is 0.190. The smallest absolute Gasteiger partial charge is 0.259 e. The van der Waals surface area contributed by atoms with Gasteiger partial charge in [-0.25, -0.2) is 9.97 Å². The first kappa shape index (κ1) is 17.9. The van der Waals surface area contributed by atoms with Crippen molar-refractivity contribution < 1.29 is 14.3 Å². The van der Waals surface area contributed by atoms with Gasteiger partial charge in [0.1, 0.15) is 11.5 Å². The van der Waals surface area contributed by atoms with Crippen LogP contribution in [-0.2, 0) is 4.74 Å². The molecule has 1 aliphatic heterocycles. The molecule has 4 rings (SSSR count). The lowest BCUT2D eigenvalue weighted by atomic mass is 10.2. The summed E-state index contributed by atoms with van der Waals surface area (Å²) in [6.45, 7) is 2.85. The number of nitrogens with one attached hydrogen (secondary N) is 1. The van der Waals surface area contributed by atoms with Crippen LogP contribution in [0.3, 0.4) is 0 Å². The number of rotatable bonds is 5. The molecule has 1 aromatic heterocycles. The molecule has 1 N–H and O–H groups in total. The van der Waals surface area contributed by atoms with Crippen LogP contribution >= 0.6 is 0 Å². The number of nitrogens with zero attached hydrogens (tertiary/aromatic N) is 3. The molecule has 1 fully saturated rings. The molecule has 2 heterocycles. The van der Waals surface area contributed by atoms with Gasteiger partial charge in [-0.2, -0.15) is 0 Å². The summed E-state index contributed by atoms with van der Waals surface area (Å²) >= 11 is 0. The van der Waals surface area contributed by atoms with Crippen molar-refractivity contribution in [1.82, 2.24) is 9.97 Å². The molecule has 7 nitrogen and oxygen atoms in total. The number of para-hydroxylation sites is 2. The van der Waals surface area contributed by atoms with E-state index in [0.29, 0.717) is 41.9 Å². The van der Waals surface area contributed by atoms with Crippen LogP contribution in [0.25, 0.3) is 0 Å². The maximum Gasteiger partial charge on any atom is 0.259 e. The van der Waals surface area contributed by atoms with E-state index < -0.39 is 0 Å². The van der Waals surface area contributed by atoms with Crippen LogP contribution in [0.1, 0.15) is 10.4 Å². The molecule has 3 aromatic rings. The van der Waals surface area contributed by atoms with E-state index in [-0.39, 0.29) is 5.91 Å². The molecule has 1 saturated heterocycles. The molecule has 0 radical (unpaired) electrons. The van der Waals surface area contributed by atoms with E-state index in [4.69, 9.17) is 9.47 Å². The van der Waals surface area contributed by atoms with Crippen molar-refractivity contribution in [2.75, 3.05) is 36.5 Å². The Kier molecular flexibility index (Phi) is 5.44. The van der Waals surface area contributed by atoms with Crippen molar-refractivity contribution >= 4 is 17.5 Å². The van der Waals surface area contributed by atoms with E-state index in [1.54, 1.807) is 30.6 Å². The Hall–Kier alpha value is -3.45. The average molecular weight is 376 g/mol. The van der Waals surface area contributed by atoms with Gasteiger partial charge in [-0.15, -0.1) is 0 Å². The van der Waals surface area contributed by atoms with Crippen molar-refractivity contribution in [3.05, 3.63) is 72.6 Å². The number of hydrogen-bond donors (Lipinski definition) is 1. The van der Waals surface area contributed by atoms with Crippen LogP contribution in [0.2, 0.25) is 0 Å². The maximum atomic E-state index is 12.7. The van der Waals surface area contributed by atoms with Gasteiger partial charge < -0.3 is 19.7 Å². The third-order valence-electron chi connectivity index (χ3n) is 4.29. The second-order valence-corrected chi connectivity index (χ2v) is 6.24. The minimum Gasteiger partial charge on any atom is -0.457 e. The summed E-state index contributed by atoms with van der Waals surface area (Å²) in [6.07, 6.45) is 3.22. The topological polar surface area (TPSA) is 76.6 Å². The first-order valence-corrected chi connectivity index (χ1v) is 9.07. The van der Waals surface area contributed by atoms with Gasteiger partial charge in [-0.05, 0) is 24.3 Å². The van der Waals surface area contributed by atoms with Crippen molar-refractivity contribution in [3.8, 4) is 11.5 Å². The van der Waals surface area contributed by atoms with Crippen LogP contribution in [0.15, 0.2) is 67.0 Å². The van der Waals surface area contributed by atoms with Crippen molar-refractivity contribution in [3.63, 3.8) is 0 Å². The lowest BCUT2D eigenvalue weighted by Gasteiger charge is -2.26. The highest BCUT2D eigenvalue weighted by atomic mass is 16.5. The number of carbonyl (C=O) groups excluding carboxylic acids is 1. The van der Waals surface area contributed by atoms with Gasteiger partial charge in [-0.3, -0.25) is 4.79 Å². The number of carbonyl (C=O) groups is 1. The molecule has 7 heteroatoms. The molecule has 142 valence electrons. The number of aromatic nitrogens is 2. The van der Waals surface area contributed by atoms with Gasteiger partial charge in [-0.1, -0.05) is 30.3 Å². The third kappa shape index (κ3) is 4.27. The molecule has 1 amide bonds. The Balaban J connectivity index is 1.46. The van der Waals surface area contributed by atoms with E-state index in [9.17, 15) is 4.79 Å². The largest absolute Gasteiger partial charge is 0.457 e. The molecule has 0 atom stereocenters. The van der Waals surface area contributed by atoms with E-state index in [1.807, 2.05) is 36.4 Å². The van der Waals surface area contributed by atoms with E-state index in [0.717, 1.165) is 13.1 Å². The standard InChI is InChI=1S/C21H20N4O3/c26-20(18-8-4-5-9-19(18)28-17-6-2-1-3-7-17)24-16-14-22-21(23-15-16)25-10-12-27-13-11-25/h1-9,14-15H,10-13H2,(H,24,26). The van der Waals surface area contributed by atoms with Crippen LogP contribution in [0.4, 0.5) is 11.6 Å². The quantitative estimate of drug-likeness (QED) is 0.736. The summed E-state index contributed by atoms with van der Waals surface area (Å²) in [4.78, 5) is 23.5. The summed E-state index contributed by atoms with van der Waals surface area (Å²) in [6, 6.07) is 16.5. The highest BCUT2D eigenvalue weighted by molar-refractivity contribution is 6.06. The molecule has 0 bridgehead atoms. The zero-order valence-electron chi connectivity index (χ0n) is 15.2. The molecule has 2 aromatic carbocycles. The summed E-state index contributed by atoms with van der Waals surface area (Å²) < 4.78 is 11.2. The lowest BCUT2D eigenvalue weighted by Crippen LogP contribution is -2.37. The number of ether oxygens (including phenoxy) is 2. The van der Waals surface area contributed by atoms with Gasteiger partial charge in [0.25, 0.3) is 5.91 Å². The van der Waals surface area contributed by atoms with Gasteiger partial charge >= 0.3 is 0 Å². The van der Waals surface area contributed by atoms with Gasteiger partial charge in [0.15, 0.2) is 0 Å². The number of hydrogen-bond acceptors (Lipinski definition) is 6. The van der Waals surface area contributed by atoms with Crippen LogP contribution in [0, 0.1) is 0 Å². The van der Waals surface area contributed by atoms with Crippen LogP contribution in [-0.4, -0.2) is 42.2 Å². The van der Waals surface area contributed by atoms with Crippen molar-refractivity contribution in [1.29, 1.82) is 0 Å². The number of anilines is 2. The second kappa shape index (κ2) is 8.49. The first-order chi connectivity index (χ1) is 13.8. The Labute approximate surface area is 163 Å². The zero-order valence-corrected chi connectivity index (χ0v) is 15.2. The monoisotopic (exact) mass is 376 g/mol. The normalized spacial score (nSPS) is 13.8. The highest BCUT2D eigenvalue weighted by Gasteiger charge is 2.16. The maximum absolute atomic E-state index is 12.7. The van der Waals surface area contributed by atoms with Gasteiger partial charge in [0.2, 0.25) is 5.95 Å². The molecular weight excluding hydrogens is 356 g/mol. The summed E-state index contributed by atoms with van der Waals surface area (Å²) in [5.41, 5.74) is 0.958. The lowest BCUT2D eigenvalue weighted by molar-refractivity contribution is 0.102. The Morgan fingerprint density at radius 2 is 1.64 bits per heavy atom.